The third kappa shape index (κ3) is 3.53. The molecule has 0 atom stereocenters. The van der Waals surface area contributed by atoms with Gasteiger partial charge in [0.05, 0.1) is 37.6 Å². The first-order chi connectivity index (χ1) is 13.6. The van der Waals surface area contributed by atoms with Crippen LogP contribution in [0, 0.1) is 0 Å². The van der Waals surface area contributed by atoms with E-state index in [1.807, 2.05) is 6.07 Å². The lowest BCUT2D eigenvalue weighted by atomic mass is 10.2. The molecule has 8 nitrogen and oxygen atoms in total. The molecule has 9 heteroatoms. The van der Waals surface area contributed by atoms with Crippen molar-refractivity contribution in [2.75, 3.05) is 32.4 Å². The van der Waals surface area contributed by atoms with Gasteiger partial charge in [0.1, 0.15) is 0 Å². The Balaban J connectivity index is 1.66. The van der Waals surface area contributed by atoms with Crippen molar-refractivity contribution in [1.82, 2.24) is 15.0 Å². The lowest BCUT2D eigenvalue weighted by Gasteiger charge is -2.14. The molecule has 0 spiro atoms. The van der Waals surface area contributed by atoms with Gasteiger partial charge in [0.2, 0.25) is 11.7 Å². The highest BCUT2D eigenvalue weighted by Crippen LogP contribution is 2.46. The van der Waals surface area contributed by atoms with Crippen LogP contribution >= 0.6 is 11.3 Å². The van der Waals surface area contributed by atoms with Gasteiger partial charge in [0.25, 0.3) is 0 Å². The average molecular weight is 399 g/mol. The van der Waals surface area contributed by atoms with Crippen LogP contribution in [0.5, 0.6) is 17.2 Å². The Hall–Kier alpha value is -3.07. The topological polar surface area (TPSA) is 104 Å². The van der Waals surface area contributed by atoms with E-state index < -0.39 is 0 Å². The lowest BCUT2D eigenvalue weighted by Crippen LogP contribution is -2.01. The molecular formula is C19H21N5O3S. The van der Waals surface area contributed by atoms with Crippen LogP contribution in [-0.2, 0) is 0 Å². The number of methoxy groups -OCH3 is 3. The zero-order chi connectivity index (χ0) is 19.7. The highest BCUT2D eigenvalue weighted by Gasteiger charge is 2.30. The van der Waals surface area contributed by atoms with E-state index in [4.69, 9.17) is 19.9 Å². The highest BCUT2D eigenvalue weighted by atomic mass is 32.1. The zero-order valence-electron chi connectivity index (χ0n) is 15.9. The van der Waals surface area contributed by atoms with E-state index in [0.29, 0.717) is 34.2 Å². The average Bonchev–Trinajstić information content (AvgIpc) is 3.48. The van der Waals surface area contributed by atoms with Crippen LogP contribution in [0.25, 0.3) is 10.6 Å². The van der Waals surface area contributed by atoms with Gasteiger partial charge in [0.15, 0.2) is 16.6 Å². The molecule has 4 rings (SSSR count). The maximum absolute atomic E-state index is 5.94. The second-order valence-corrected chi connectivity index (χ2v) is 7.38. The van der Waals surface area contributed by atoms with E-state index in [1.165, 1.54) is 11.3 Å². The molecule has 0 aliphatic heterocycles. The summed E-state index contributed by atoms with van der Waals surface area (Å²) < 4.78 is 16.1. The molecule has 2 aromatic heterocycles. The molecule has 0 unspecified atom stereocenters. The van der Waals surface area contributed by atoms with Crippen LogP contribution in [-0.4, -0.2) is 36.3 Å². The van der Waals surface area contributed by atoms with E-state index >= 15 is 0 Å². The van der Waals surface area contributed by atoms with Gasteiger partial charge >= 0.3 is 0 Å². The molecule has 3 N–H and O–H groups in total. The van der Waals surface area contributed by atoms with Crippen molar-refractivity contribution < 1.29 is 14.2 Å². The van der Waals surface area contributed by atoms with E-state index in [1.54, 1.807) is 39.7 Å². The van der Waals surface area contributed by atoms with E-state index in [0.717, 1.165) is 34.8 Å². The molecule has 3 aromatic rings. The number of aromatic nitrogens is 3. The number of nitrogens with one attached hydrogen (secondary N) is 1. The minimum absolute atomic E-state index is 0.459. The largest absolute Gasteiger partial charge is 0.493 e. The summed E-state index contributed by atoms with van der Waals surface area (Å²) in [6.07, 6.45) is 4.02. The van der Waals surface area contributed by atoms with Gasteiger partial charge in [-0.15, -0.1) is 0 Å². The Morgan fingerprint density at radius 2 is 1.79 bits per heavy atom. The van der Waals surface area contributed by atoms with Crippen molar-refractivity contribution >= 4 is 28.1 Å². The third-order valence-corrected chi connectivity index (χ3v) is 5.37. The molecule has 1 aliphatic carbocycles. The minimum Gasteiger partial charge on any atom is -0.493 e. The number of rotatable bonds is 7. The van der Waals surface area contributed by atoms with Crippen molar-refractivity contribution in [3.05, 3.63) is 30.1 Å². The van der Waals surface area contributed by atoms with E-state index in [-0.39, 0.29) is 0 Å². The molecule has 1 saturated carbocycles. The Kier molecular flexibility index (Phi) is 4.91. The second kappa shape index (κ2) is 7.51. The van der Waals surface area contributed by atoms with Crippen molar-refractivity contribution in [3.8, 4) is 27.8 Å². The molecule has 1 aliphatic rings. The van der Waals surface area contributed by atoms with Crippen LogP contribution in [0.4, 0.5) is 16.8 Å². The van der Waals surface area contributed by atoms with Gasteiger partial charge in [-0.05, 0) is 18.9 Å². The number of nitrogens with two attached hydrogens (primary N) is 1. The molecule has 0 amide bonds. The zero-order valence-corrected chi connectivity index (χ0v) is 16.7. The smallest absolute Gasteiger partial charge is 0.227 e. The fourth-order valence-electron chi connectivity index (χ4n) is 2.99. The van der Waals surface area contributed by atoms with Gasteiger partial charge in [-0.1, -0.05) is 11.3 Å². The molecule has 1 fully saturated rings. The molecule has 146 valence electrons. The number of benzene rings is 1. The summed E-state index contributed by atoms with van der Waals surface area (Å²) in [7, 11) is 4.72. The number of hydrogen-bond acceptors (Lipinski definition) is 9. The van der Waals surface area contributed by atoms with Crippen LogP contribution in [0.2, 0.25) is 0 Å². The number of hydrogen-bond donors (Lipinski definition) is 2. The Labute approximate surface area is 166 Å². The fourth-order valence-corrected chi connectivity index (χ4v) is 3.88. The van der Waals surface area contributed by atoms with Gasteiger partial charge in [0, 0.05) is 29.9 Å². The predicted octanol–water partition coefficient (Wildman–Crippen LogP) is 3.83. The number of thiazole rings is 1. The van der Waals surface area contributed by atoms with Crippen molar-refractivity contribution in [3.63, 3.8) is 0 Å². The molecule has 2 heterocycles. The van der Waals surface area contributed by atoms with E-state index in [9.17, 15) is 0 Å². The number of nitrogens with zero attached hydrogens (tertiary/aromatic N) is 3. The summed E-state index contributed by atoms with van der Waals surface area (Å²) in [4.78, 5) is 14.5. The van der Waals surface area contributed by atoms with Gasteiger partial charge in [-0.3, -0.25) is 0 Å². The summed E-state index contributed by atoms with van der Waals surface area (Å²) in [6, 6.07) is 5.48. The van der Waals surface area contributed by atoms with Crippen molar-refractivity contribution in [2.24, 2.45) is 0 Å². The SMILES string of the molecule is COc1cc(Nc2nccc(-c3sc(N)nc3C3CC3)n2)cc(OC)c1OC. The quantitative estimate of drug-likeness (QED) is 0.618. The summed E-state index contributed by atoms with van der Waals surface area (Å²) in [6.45, 7) is 0. The first-order valence-corrected chi connectivity index (χ1v) is 9.61. The normalized spacial score (nSPS) is 13.2. The second-order valence-electron chi connectivity index (χ2n) is 6.35. The standard InChI is InChI=1S/C19H21N5O3S/c1-25-13-8-11(9-14(26-2)16(13)27-3)22-19-21-7-6-12(23-19)17-15(10-4-5-10)24-18(20)28-17/h6-10H,4-5H2,1-3H3,(H2,20,24)(H,21,22,23). The number of ether oxygens (including phenoxy) is 3. The molecule has 0 radical (unpaired) electrons. The Bertz CT molecular complexity index is 978. The van der Waals surface area contributed by atoms with Gasteiger partial charge < -0.3 is 25.3 Å². The maximum Gasteiger partial charge on any atom is 0.227 e. The molecule has 0 bridgehead atoms. The van der Waals surface area contributed by atoms with E-state index in [2.05, 4.69) is 20.3 Å². The minimum atomic E-state index is 0.459. The monoisotopic (exact) mass is 399 g/mol. The van der Waals surface area contributed by atoms with Crippen LogP contribution < -0.4 is 25.3 Å². The predicted molar refractivity (Wildman–Crippen MR) is 109 cm³/mol. The van der Waals surface area contributed by atoms with Crippen LogP contribution in [0.1, 0.15) is 24.5 Å². The summed E-state index contributed by atoms with van der Waals surface area (Å²) >= 11 is 1.46. The lowest BCUT2D eigenvalue weighted by molar-refractivity contribution is 0.324. The number of nitrogen functional groups attached to an aromatic ring is 1. The maximum atomic E-state index is 5.94. The fraction of sp³-hybridized carbons (Fsp3) is 0.316. The van der Waals surface area contributed by atoms with Crippen molar-refractivity contribution in [1.29, 1.82) is 0 Å². The van der Waals surface area contributed by atoms with Gasteiger partial charge in [-0.2, -0.15) is 0 Å². The first kappa shape index (κ1) is 18.3. The molecular weight excluding hydrogens is 378 g/mol. The summed E-state index contributed by atoms with van der Waals surface area (Å²) in [5.74, 6) is 2.57. The first-order valence-electron chi connectivity index (χ1n) is 8.79. The third-order valence-electron chi connectivity index (χ3n) is 4.44. The number of anilines is 3. The Morgan fingerprint density at radius 1 is 1.07 bits per heavy atom. The summed E-state index contributed by atoms with van der Waals surface area (Å²) in [5.41, 5.74) is 8.51. The van der Waals surface area contributed by atoms with Crippen LogP contribution in [0.15, 0.2) is 24.4 Å². The van der Waals surface area contributed by atoms with Crippen LogP contribution in [0.3, 0.4) is 0 Å². The summed E-state index contributed by atoms with van der Waals surface area (Å²) in [5, 5.41) is 3.77. The van der Waals surface area contributed by atoms with Gasteiger partial charge in [-0.25, -0.2) is 15.0 Å². The Morgan fingerprint density at radius 3 is 2.39 bits per heavy atom. The van der Waals surface area contributed by atoms with Crippen molar-refractivity contribution in [2.45, 2.75) is 18.8 Å². The molecule has 1 aromatic carbocycles. The molecule has 28 heavy (non-hydrogen) atoms. The highest BCUT2D eigenvalue weighted by molar-refractivity contribution is 7.18. The molecule has 0 saturated heterocycles.